The quantitative estimate of drug-likeness (QED) is 0.698. The van der Waals surface area contributed by atoms with E-state index in [4.69, 9.17) is 14.2 Å². The highest BCUT2D eigenvalue weighted by Gasteiger charge is 2.11. The predicted octanol–water partition coefficient (Wildman–Crippen LogP) is 2.78. The van der Waals surface area contributed by atoms with Crippen LogP contribution in [0.3, 0.4) is 0 Å². The van der Waals surface area contributed by atoms with Crippen molar-refractivity contribution in [2.24, 2.45) is 0 Å². The fourth-order valence-electron chi connectivity index (χ4n) is 1.92. The summed E-state index contributed by atoms with van der Waals surface area (Å²) < 4.78 is 15.9. The number of rotatable bonds is 9. The Morgan fingerprint density at radius 1 is 1.21 bits per heavy atom. The zero-order chi connectivity index (χ0) is 14.1. The molecule has 1 N–H and O–H groups in total. The van der Waals surface area contributed by atoms with Crippen LogP contribution in [0.4, 0.5) is 0 Å². The molecular formula is C15H25NO3. The molecule has 19 heavy (non-hydrogen) atoms. The smallest absolute Gasteiger partial charge is 0.127 e. The van der Waals surface area contributed by atoms with Crippen LogP contribution in [-0.4, -0.2) is 34.0 Å². The van der Waals surface area contributed by atoms with Crippen LogP contribution in [0.5, 0.6) is 11.5 Å². The molecule has 1 aromatic carbocycles. The van der Waals surface area contributed by atoms with Gasteiger partial charge in [-0.3, -0.25) is 0 Å². The summed E-state index contributed by atoms with van der Waals surface area (Å²) >= 11 is 0. The van der Waals surface area contributed by atoms with Crippen LogP contribution in [0.15, 0.2) is 18.2 Å². The lowest BCUT2D eigenvalue weighted by Gasteiger charge is -2.18. The first kappa shape index (κ1) is 15.8. The Hall–Kier alpha value is -1.26. The van der Waals surface area contributed by atoms with Gasteiger partial charge in [0, 0.05) is 30.9 Å². The van der Waals surface area contributed by atoms with E-state index in [0.29, 0.717) is 0 Å². The normalized spacial score (nSPS) is 12.2. The predicted molar refractivity (Wildman–Crippen MR) is 77.1 cm³/mol. The Morgan fingerprint density at radius 2 is 2.00 bits per heavy atom. The highest BCUT2D eigenvalue weighted by Crippen LogP contribution is 2.29. The Labute approximate surface area is 116 Å². The largest absolute Gasteiger partial charge is 0.497 e. The maximum absolute atomic E-state index is 5.41. The third-order valence-corrected chi connectivity index (χ3v) is 3.03. The van der Waals surface area contributed by atoms with Gasteiger partial charge in [-0.05, 0) is 32.9 Å². The van der Waals surface area contributed by atoms with Gasteiger partial charge in [-0.1, -0.05) is 6.07 Å². The minimum absolute atomic E-state index is 0.238. The van der Waals surface area contributed by atoms with E-state index < -0.39 is 0 Å². The van der Waals surface area contributed by atoms with Gasteiger partial charge in [0.25, 0.3) is 0 Å². The molecule has 0 aliphatic heterocycles. The zero-order valence-corrected chi connectivity index (χ0v) is 12.4. The van der Waals surface area contributed by atoms with Crippen LogP contribution in [0.1, 0.15) is 31.9 Å². The molecule has 0 radical (unpaired) electrons. The molecule has 1 rings (SSSR count). The molecule has 0 amide bonds. The number of hydrogen-bond donors (Lipinski definition) is 1. The average molecular weight is 267 g/mol. The van der Waals surface area contributed by atoms with E-state index in [1.165, 1.54) is 0 Å². The van der Waals surface area contributed by atoms with Crippen LogP contribution in [-0.2, 0) is 4.74 Å². The van der Waals surface area contributed by atoms with Crippen LogP contribution in [0.2, 0.25) is 0 Å². The van der Waals surface area contributed by atoms with Crippen molar-refractivity contribution in [1.29, 1.82) is 0 Å². The molecule has 4 nitrogen and oxygen atoms in total. The molecule has 0 aliphatic carbocycles. The second kappa shape index (κ2) is 8.77. The summed E-state index contributed by atoms with van der Waals surface area (Å²) in [4.78, 5) is 0. The monoisotopic (exact) mass is 267 g/mol. The van der Waals surface area contributed by atoms with Gasteiger partial charge in [0.15, 0.2) is 0 Å². The Bertz CT molecular complexity index is 368. The van der Waals surface area contributed by atoms with Crippen molar-refractivity contribution in [3.8, 4) is 11.5 Å². The number of benzene rings is 1. The lowest BCUT2D eigenvalue weighted by Crippen LogP contribution is -2.21. The van der Waals surface area contributed by atoms with Crippen LogP contribution in [0, 0.1) is 0 Å². The summed E-state index contributed by atoms with van der Waals surface area (Å²) in [7, 11) is 3.34. The van der Waals surface area contributed by atoms with E-state index in [9.17, 15) is 0 Å². The van der Waals surface area contributed by atoms with Gasteiger partial charge < -0.3 is 19.5 Å². The van der Waals surface area contributed by atoms with E-state index in [1.807, 2.05) is 25.1 Å². The highest BCUT2D eigenvalue weighted by atomic mass is 16.5. The van der Waals surface area contributed by atoms with Crippen molar-refractivity contribution in [3.05, 3.63) is 23.8 Å². The summed E-state index contributed by atoms with van der Waals surface area (Å²) in [5.74, 6) is 1.66. The third kappa shape index (κ3) is 5.09. The lowest BCUT2D eigenvalue weighted by atomic mass is 10.1. The van der Waals surface area contributed by atoms with Gasteiger partial charge in [0.05, 0.1) is 14.2 Å². The first-order valence-electron chi connectivity index (χ1n) is 6.76. The SMILES string of the molecule is CCOCCCNC(C)c1ccc(OC)cc1OC. The summed E-state index contributed by atoms with van der Waals surface area (Å²) in [5.41, 5.74) is 1.14. The first-order valence-corrected chi connectivity index (χ1v) is 6.76. The molecule has 0 aromatic heterocycles. The van der Waals surface area contributed by atoms with Crippen molar-refractivity contribution in [2.75, 3.05) is 34.0 Å². The second-order valence-electron chi connectivity index (χ2n) is 4.33. The Balaban J connectivity index is 2.53. The van der Waals surface area contributed by atoms with Crippen molar-refractivity contribution in [3.63, 3.8) is 0 Å². The molecule has 108 valence electrons. The number of ether oxygens (including phenoxy) is 3. The standard InChI is InChI=1S/C15H25NO3/c1-5-19-10-6-9-16-12(2)14-8-7-13(17-3)11-15(14)18-4/h7-8,11-12,16H,5-6,9-10H2,1-4H3. The molecule has 0 saturated heterocycles. The van der Waals surface area contributed by atoms with E-state index in [1.54, 1.807) is 14.2 Å². The number of hydrogen-bond acceptors (Lipinski definition) is 4. The van der Waals surface area contributed by atoms with E-state index >= 15 is 0 Å². The van der Waals surface area contributed by atoms with Gasteiger partial charge >= 0.3 is 0 Å². The molecule has 1 aromatic rings. The fourth-order valence-corrected chi connectivity index (χ4v) is 1.92. The molecular weight excluding hydrogens is 242 g/mol. The number of nitrogens with one attached hydrogen (secondary N) is 1. The molecule has 4 heteroatoms. The minimum Gasteiger partial charge on any atom is -0.497 e. The second-order valence-corrected chi connectivity index (χ2v) is 4.33. The van der Waals surface area contributed by atoms with Gasteiger partial charge in [-0.25, -0.2) is 0 Å². The van der Waals surface area contributed by atoms with Crippen LogP contribution in [0.25, 0.3) is 0 Å². The van der Waals surface area contributed by atoms with Crippen LogP contribution < -0.4 is 14.8 Å². The lowest BCUT2D eigenvalue weighted by molar-refractivity contribution is 0.144. The fraction of sp³-hybridized carbons (Fsp3) is 0.600. The zero-order valence-electron chi connectivity index (χ0n) is 12.4. The maximum Gasteiger partial charge on any atom is 0.127 e. The molecule has 0 fully saturated rings. The number of methoxy groups -OCH3 is 2. The molecule has 0 aliphatic rings. The molecule has 1 atom stereocenters. The summed E-state index contributed by atoms with van der Waals surface area (Å²) in [6, 6.07) is 6.14. The van der Waals surface area contributed by atoms with Crippen LogP contribution >= 0.6 is 0 Å². The van der Waals surface area contributed by atoms with Crippen molar-refractivity contribution < 1.29 is 14.2 Å². The van der Waals surface area contributed by atoms with Gasteiger partial charge in [-0.2, -0.15) is 0 Å². The van der Waals surface area contributed by atoms with Crippen molar-refractivity contribution in [2.45, 2.75) is 26.3 Å². The molecule has 0 saturated carbocycles. The summed E-state index contributed by atoms with van der Waals surface area (Å²) in [6.07, 6.45) is 1.01. The first-order chi connectivity index (χ1) is 9.22. The third-order valence-electron chi connectivity index (χ3n) is 3.03. The summed E-state index contributed by atoms with van der Waals surface area (Å²) in [6.45, 7) is 6.65. The van der Waals surface area contributed by atoms with E-state index in [-0.39, 0.29) is 6.04 Å². The highest BCUT2D eigenvalue weighted by molar-refractivity contribution is 5.42. The minimum atomic E-state index is 0.238. The van der Waals surface area contributed by atoms with Gasteiger partial charge in [-0.15, -0.1) is 0 Å². The Kier molecular flexibility index (Phi) is 7.30. The van der Waals surface area contributed by atoms with Crippen molar-refractivity contribution >= 4 is 0 Å². The topological polar surface area (TPSA) is 39.7 Å². The Morgan fingerprint density at radius 3 is 2.63 bits per heavy atom. The molecule has 0 bridgehead atoms. The molecule has 0 heterocycles. The maximum atomic E-state index is 5.41. The molecule has 0 spiro atoms. The van der Waals surface area contributed by atoms with Gasteiger partial charge in [0.1, 0.15) is 11.5 Å². The van der Waals surface area contributed by atoms with E-state index in [2.05, 4.69) is 12.2 Å². The van der Waals surface area contributed by atoms with Crippen molar-refractivity contribution in [1.82, 2.24) is 5.32 Å². The van der Waals surface area contributed by atoms with Gasteiger partial charge in [0.2, 0.25) is 0 Å². The molecule has 1 unspecified atom stereocenters. The average Bonchev–Trinajstić information content (AvgIpc) is 2.46. The van der Waals surface area contributed by atoms with E-state index in [0.717, 1.165) is 43.2 Å². The summed E-state index contributed by atoms with van der Waals surface area (Å²) in [5, 5.41) is 3.47.